The third-order valence-corrected chi connectivity index (χ3v) is 4.09. The van der Waals surface area contributed by atoms with Crippen LogP contribution in [0.25, 0.3) is 11.0 Å². The fraction of sp³-hybridized carbons (Fsp3) is 0.500. The first kappa shape index (κ1) is 15.4. The van der Waals surface area contributed by atoms with Gasteiger partial charge in [-0.15, -0.1) is 0 Å². The van der Waals surface area contributed by atoms with Crippen molar-refractivity contribution >= 4 is 22.6 Å². The first-order chi connectivity index (χ1) is 9.71. The molecule has 1 heterocycles. The Morgan fingerprint density at radius 1 is 1.25 bits per heavy atom. The van der Waals surface area contributed by atoms with Crippen molar-refractivity contribution in [3.63, 3.8) is 0 Å². The van der Waals surface area contributed by atoms with Crippen molar-refractivity contribution in [3.05, 3.63) is 35.0 Å². The molecule has 4 heteroatoms. The van der Waals surface area contributed by atoms with E-state index in [2.05, 4.69) is 19.3 Å². The average Bonchev–Trinajstić information content (AvgIpc) is 2.85. The van der Waals surface area contributed by atoms with Gasteiger partial charge in [-0.25, -0.2) is 5.43 Å². The van der Waals surface area contributed by atoms with E-state index < -0.39 is 0 Å². The Bertz CT molecular complexity index is 546. The van der Waals surface area contributed by atoms with E-state index in [9.17, 15) is 0 Å². The normalized spacial score (nSPS) is 13.2. The average molecular weight is 295 g/mol. The fourth-order valence-electron chi connectivity index (χ4n) is 2.87. The minimum atomic E-state index is 0.0402. The van der Waals surface area contributed by atoms with Gasteiger partial charge in [0, 0.05) is 5.39 Å². The Kier molecular flexibility index (Phi) is 5.46. The molecule has 1 aromatic heterocycles. The van der Waals surface area contributed by atoms with Crippen LogP contribution in [0.3, 0.4) is 0 Å². The van der Waals surface area contributed by atoms with Crippen LogP contribution in [0.2, 0.25) is 5.02 Å². The van der Waals surface area contributed by atoms with Crippen LogP contribution in [0, 0.1) is 5.92 Å². The molecule has 0 saturated carbocycles. The van der Waals surface area contributed by atoms with Gasteiger partial charge in [-0.2, -0.15) is 0 Å². The Morgan fingerprint density at radius 2 is 1.95 bits per heavy atom. The number of hydrogen-bond acceptors (Lipinski definition) is 3. The zero-order valence-electron chi connectivity index (χ0n) is 12.2. The molecule has 110 valence electrons. The highest BCUT2D eigenvalue weighted by Gasteiger charge is 2.24. The maximum absolute atomic E-state index is 6.17. The summed E-state index contributed by atoms with van der Waals surface area (Å²) in [7, 11) is 0. The molecule has 3 N–H and O–H groups in total. The van der Waals surface area contributed by atoms with Gasteiger partial charge in [0.1, 0.15) is 5.76 Å². The summed E-state index contributed by atoms with van der Waals surface area (Å²) in [5.41, 5.74) is 3.68. The van der Waals surface area contributed by atoms with E-state index in [1.165, 1.54) is 0 Å². The molecule has 0 amide bonds. The SMILES string of the molecule is CCCC(CCC)C(NN)c1cc2cccc(Cl)c2o1. The highest BCUT2D eigenvalue weighted by Crippen LogP contribution is 2.34. The lowest BCUT2D eigenvalue weighted by Crippen LogP contribution is -2.33. The van der Waals surface area contributed by atoms with Gasteiger partial charge in [-0.3, -0.25) is 5.84 Å². The Balaban J connectivity index is 2.34. The number of para-hydroxylation sites is 1. The number of hydrazine groups is 1. The monoisotopic (exact) mass is 294 g/mol. The quantitative estimate of drug-likeness (QED) is 0.569. The van der Waals surface area contributed by atoms with Crippen LogP contribution in [-0.4, -0.2) is 0 Å². The van der Waals surface area contributed by atoms with Crippen molar-refractivity contribution in [1.29, 1.82) is 0 Å². The predicted molar refractivity (Wildman–Crippen MR) is 84.6 cm³/mol. The highest BCUT2D eigenvalue weighted by molar-refractivity contribution is 6.34. The third kappa shape index (κ3) is 3.17. The molecule has 0 aliphatic carbocycles. The molecule has 0 radical (unpaired) electrons. The molecule has 3 nitrogen and oxygen atoms in total. The first-order valence-electron chi connectivity index (χ1n) is 7.35. The smallest absolute Gasteiger partial charge is 0.152 e. The van der Waals surface area contributed by atoms with E-state index >= 15 is 0 Å². The molecule has 1 aromatic carbocycles. The lowest BCUT2D eigenvalue weighted by atomic mass is 9.89. The molecule has 0 spiro atoms. The van der Waals surface area contributed by atoms with Crippen LogP contribution in [0.5, 0.6) is 0 Å². The maximum Gasteiger partial charge on any atom is 0.152 e. The van der Waals surface area contributed by atoms with Crippen LogP contribution in [0.1, 0.15) is 51.3 Å². The summed E-state index contributed by atoms with van der Waals surface area (Å²) >= 11 is 6.17. The molecule has 0 fully saturated rings. The number of nitrogens with two attached hydrogens (primary N) is 1. The molecule has 1 unspecified atom stereocenters. The minimum Gasteiger partial charge on any atom is -0.458 e. The Morgan fingerprint density at radius 3 is 2.50 bits per heavy atom. The van der Waals surface area contributed by atoms with Gasteiger partial charge in [0.05, 0.1) is 11.1 Å². The van der Waals surface area contributed by atoms with Gasteiger partial charge in [0.25, 0.3) is 0 Å². The van der Waals surface area contributed by atoms with Crippen LogP contribution in [0.4, 0.5) is 0 Å². The third-order valence-electron chi connectivity index (χ3n) is 3.79. The summed E-state index contributed by atoms with van der Waals surface area (Å²) in [5, 5.41) is 1.67. The standard InChI is InChI=1S/C16H23ClN2O/c1-3-6-11(7-4-2)15(19-18)14-10-12-8-5-9-13(17)16(12)20-14/h5,8-11,15,19H,3-4,6-7,18H2,1-2H3. The lowest BCUT2D eigenvalue weighted by molar-refractivity contribution is 0.284. The highest BCUT2D eigenvalue weighted by atomic mass is 35.5. The number of rotatable bonds is 7. The maximum atomic E-state index is 6.17. The van der Waals surface area contributed by atoms with Crippen molar-refractivity contribution < 1.29 is 4.42 Å². The molecular formula is C16H23ClN2O. The molecule has 2 rings (SSSR count). The summed E-state index contributed by atoms with van der Waals surface area (Å²) < 4.78 is 5.95. The Hall–Kier alpha value is -1.03. The summed E-state index contributed by atoms with van der Waals surface area (Å²) in [6, 6.07) is 7.88. The van der Waals surface area contributed by atoms with Gasteiger partial charge in [0.15, 0.2) is 5.58 Å². The second-order valence-corrected chi connectivity index (χ2v) is 5.70. The fourth-order valence-corrected chi connectivity index (χ4v) is 3.09. The number of fused-ring (bicyclic) bond motifs is 1. The van der Waals surface area contributed by atoms with Crippen molar-refractivity contribution in [2.75, 3.05) is 0 Å². The second kappa shape index (κ2) is 7.11. The van der Waals surface area contributed by atoms with Crippen molar-refractivity contribution in [2.24, 2.45) is 11.8 Å². The molecule has 0 saturated heterocycles. The lowest BCUT2D eigenvalue weighted by Gasteiger charge is -2.24. The van der Waals surface area contributed by atoms with Crippen molar-refractivity contribution in [3.8, 4) is 0 Å². The van der Waals surface area contributed by atoms with Crippen LogP contribution < -0.4 is 11.3 Å². The van der Waals surface area contributed by atoms with Crippen molar-refractivity contribution in [1.82, 2.24) is 5.43 Å². The van der Waals surface area contributed by atoms with Crippen LogP contribution in [0.15, 0.2) is 28.7 Å². The zero-order chi connectivity index (χ0) is 14.5. The van der Waals surface area contributed by atoms with Crippen LogP contribution in [-0.2, 0) is 0 Å². The van der Waals surface area contributed by atoms with Crippen molar-refractivity contribution in [2.45, 2.75) is 45.6 Å². The number of nitrogens with one attached hydrogen (secondary N) is 1. The molecule has 0 aliphatic heterocycles. The first-order valence-corrected chi connectivity index (χ1v) is 7.73. The minimum absolute atomic E-state index is 0.0402. The number of hydrogen-bond donors (Lipinski definition) is 2. The molecule has 2 aromatic rings. The summed E-state index contributed by atoms with van der Waals surface area (Å²) in [4.78, 5) is 0. The van der Waals surface area contributed by atoms with E-state index in [0.717, 1.165) is 42.4 Å². The van der Waals surface area contributed by atoms with Gasteiger partial charge >= 0.3 is 0 Å². The molecule has 0 bridgehead atoms. The largest absolute Gasteiger partial charge is 0.458 e. The zero-order valence-corrected chi connectivity index (χ0v) is 12.9. The van der Waals surface area contributed by atoms with Gasteiger partial charge in [-0.1, -0.05) is 50.4 Å². The summed E-state index contributed by atoms with van der Waals surface area (Å²) in [5.74, 6) is 7.14. The van der Waals surface area contributed by atoms with Gasteiger partial charge in [0.2, 0.25) is 0 Å². The Labute approximate surface area is 125 Å². The van der Waals surface area contributed by atoms with Crippen LogP contribution >= 0.6 is 11.6 Å². The number of halogens is 1. The predicted octanol–water partition coefficient (Wildman–Crippen LogP) is 4.81. The number of furan rings is 1. The summed E-state index contributed by atoms with van der Waals surface area (Å²) in [6.07, 6.45) is 4.55. The van der Waals surface area contributed by atoms with Gasteiger partial charge < -0.3 is 4.42 Å². The van der Waals surface area contributed by atoms with E-state index in [0.29, 0.717) is 10.9 Å². The van der Waals surface area contributed by atoms with E-state index in [-0.39, 0.29) is 6.04 Å². The number of benzene rings is 1. The molecule has 1 atom stereocenters. The van der Waals surface area contributed by atoms with E-state index in [1.807, 2.05) is 24.3 Å². The topological polar surface area (TPSA) is 51.2 Å². The molecular weight excluding hydrogens is 272 g/mol. The molecule has 0 aliphatic rings. The van der Waals surface area contributed by atoms with E-state index in [4.69, 9.17) is 21.9 Å². The summed E-state index contributed by atoms with van der Waals surface area (Å²) in [6.45, 7) is 4.40. The van der Waals surface area contributed by atoms with E-state index in [1.54, 1.807) is 0 Å². The van der Waals surface area contributed by atoms with Gasteiger partial charge in [-0.05, 0) is 30.9 Å². The second-order valence-electron chi connectivity index (χ2n) is 5.29. The molecule has 20 heavy (non-hydrogen) atoms.